The molecule has 31 heavy (non-hydrogen) atoms. The zero-order valence-electron chi connectivity index (χ0n) is 16.9. The number of nitro groups is 1. The van der Waals surface area contributed by atoms with E-state index in [-0.39, 0.29) is 17.7 Å². The highest BCUT2D eigenvalue weighted by atomic mass is 16.6. The first-order valence-electron chi connectivity index (χ1n) is 9.71. The van der Waals surface area contributed by atoms with Gasteiger partial charge in [0.2, 0.25) is 5.91 Å². The van der Waals surface area contributed by atoms with E-state index in [1.165, 1.54) is 18.2 Å². The van der Waals surface area contributed by atoms with Crippen LogP contribution < -0.4 is 5.32 Å². The molecule has 3 aromatic rings. The van der Waals surface area contributed by atoms with E-state index in [0.29, 0.717) is 11.1 Å². The van der Waals surface area contributed by atoms with Gasteiger partial charge in [-0.15, -0.1) is 0 Å². The summed E-state index contributed by atoms with van der Waals surface area (Å²) in [5.74, 6) is -1.77. The first-order valence-corrected chi connectivity index (χ1v) is 9.71. The maximum atomic E-state index is 13.5. The van der Waals surface area contributed by atoms with Crippen molar-refractivity contribution in [2.24, 2.45) is 0 Å². The Bertz CT molecular complexity index is 1040. The molecule has 0 heterocycles. The molecule has 0 aliphatic heterocycles. The van der Waals surface area contributed by atoms with E-state index >= 15 is 0 Å². The van der Waals surface area contributed by atoms with Gasteiger partial charge in [0.05, 0.1) is 10.3 Å². The minimum atomic E-state index is -1.33. The molecule has 0 radical (unpaired) electrons. The molecule has 0 bridgehead atoms. The van der Waals surface area contributed by atoms with Crippen LogP contribution in [-0.2, 0) is 21.4 Å². The van der Waals surface area contributed by atoms with Crippen LogP contribution in [0.25, 0.3) is 0 Å². The van der Waals surface area contributed by atoms with Gasteiger partial charge in [0, 0.05) is 18.1 Å². The zero-order valence-corrected chi connectivity index (χ0v) is 16.9. The van der Waals surface area contributed by atoms with Gasteiger partial charge in [-0.1, -0.05) is 78.9 Å². The molecule has 3 rings (SSSR count). The number of aliphatic carboxylic acids is 1. The number of carbonyl (C=O) groups is 2. The van der Waals surface area contributed by atoms with Crippen LogP contribution in [0.15, 0.2) is 84.9 Å². The summed E-state index contributed by atoms with van der Waals surface area (Å²) >= 11 is 0. The molecule has 0 saturated carbocycles. The number of amides is 1. The molecule has 1 amide bonds. The van der Waals surface area contributed by atoms with Gasteiger partial charge in [-0.3, -0.25) is 14.9 Å². The fourth-order valence-corrected chi connectivity index (χ4v) is 3.56. The number of nitrogens with one attached hydrogen (secondary N) is 1. The summed E-state index contributed by atoms with van der Waals surface area (Å²) in [5, 5.41) is 23.6. The maximum absolute atomic E-state index is 13.5. The second kappa shape index (κ2) is 9.21. The summed E-state index contributed by atoms with van der Waals surface area (Å²) in [5.41, 5.74) is 0.305. The van der Waals surface area contributed by atoms with Crippen molar-refractivity contribution in [3.8, 4) is 0 Å². The lowest BCUT2D eigenvalue weighted by Gasteiger charge is -2.31. The van der Waals surface area contributed by atoms with Gasteiger partial charge in [-0.25, -0.2) is 4.79 Å². The monoisotopic (exact) mass is 418 g/mol. The number of carboxylic acids is 1. The Morgan fingerprint density at radius 2 is 1.42 bits per heavy atom. The van der Waals surface area contributed by atoms with Gasteiger partial charge >= 0.3 is 5.97 Å². The van der Waals surface area contributed by atoms with Crippen LogP contribution in [0.2, 0.25) is 0 Å². The Balaban J connectivity index is 1.96. The van der Waals surface area contributed by atoms with Gasteiger partial charge < -0.3 is 10.4 Å². The molecule has 3 aromatic carbocycles. The summed E-state index contributed by atoms with van der Waals surface area (Å²) in [6.45, 7) is 1.73. The second-order valence-corrected chi connectivity index (χ2v) is 7.31. The minimum absolute atomic E-state index is 0.183. The first kappa shape index (κ1) is 21.7. The molecule has 1 atom stereocenters. The smallest absolute Gasteiger partial charge is 0.326 e. The Kier molecular flexibility index (Phi) is 6.45. The Labute approximate surface area is 179 Å². The Morgan fingerprint density at radius 1 is 0.935 bits per heavy atom. The molecule has 0 aromatic heterocycles. The number of nitro benzene ring substituents is 1. The molecule has 0 unspecified atom stereocenters. The highest BCUT2D eigenvalue weighted by Gasteiger charge is 2.39. The number of hydrogen-bond donors (Lipinski definition) is 2. The number of rotatable bonds is 8. The number of benzene rings is 3. The predicted molar refractivity (Wildman–Crippen MR) is 116 cm³/mol. The quantitative estimate of drug-likeness (QED) is 0.428. The highest BCUT2D eigenvalue weighted by Crippen LogP contribution is 2.32. The average molecular weight is 418 g/mol. The van der Waals surface area contributed by atoms with E-state index in [4.69, 9.17) is 0 Å². The lowest BCUT2D eigenvalue weighted by atomic mass is 9.75. The normalized spacial score (nSPS) is 12.0. The SMILES string of the molecule is CC(C(=O)N[C@H](Cc1ccccc1[N+](=O)[O-])C(=O)O)(c1ccccc1)c1ccccc1. The van der Waals surface area contributed by atoms with Crippen molar-refractivity contribution in [1.82, 2.24) is 5.32 Å². The molecule has 0 aliphatic carbocycles. The molecule has 158 valence electrons. The van der Waals surface area contributed by atoms with Crippen LogP contribution in [0.3, 0.4) is 0 Å². The van der Waals surface area contributed by atoms with E-state index in [1.54, 1.807) is 13.0 Å². The van der Waals surface area contributed by atoms with Gasteiger partial charge in [-0.2, -0.15) is 0 Å². The van der Waals surface area contributed by atoms with Crippen LogP contribution in [0.5, 0.6) is 0 Å². The molecule has 7 nitrogen and oxygen atoms in total. The summed E-state index contributed by atoms with van der Waals surface area (Å²) in [7, 11) is 0. The Morgan fingerprint density at radius 3 is 1.90 bits per heavy atom. The van der Waals surface area contributed by atoms with Crippen molar-refractivity contribution in [2.75, 3.05) is 0 Å². The van der Waals surface area contributed by atoms with Gasteiger partial charge in [-0.05, 0) is 18.1 Å². The molecular weight excluding hydrogens is 396 g/mol. The van der Waals surface area contributed by atoms with E-state index in [0.717, 1.165) is 0 Å². The van der Waals surface area contributed by atoms with Crippen molar-refractivity contribution in [3.63, 3.8) is 0 Å². The van der Waals surface area contributed by atoms with Crippen LogP contribution in [-0.4, -0.2) is 27.9 Å². The third-order valence-corrected chi connectivity index (χ3v) is 5.37. The fourth-order valence-electron chi connectivity index (χ4n) is 3.56. The second-order valence-electron chi connectivity index (χ2n) is 7.31. The lowest BCUT2D eigenvalue weighted by molar-refractivity contribution is -0.385. The molecule has 2 N–H and O–H groups in total. The third-order valence-electron chi connectivity index (χ3n) is 5.37. The Hall–Kier alpha value is -4.00. The van der Waals surface area contributed by atoms with E-state index < -0.39 is 28.3 Å². The lowest BCUT2D eigenvalue weighted by Crippen LogP contribution is -2.50. The van der Waals surface area contributed by atoms with Crippen molar-refractivity contribution in [3.05, 3.63) is 112 Å². The largest absolute Gasteiger partial charge is 0.480 e. The van der Waals surface area contributed by atoms with Crippen molar-refractivity contribution < 1.29 is 19.6 Å². The predicted octanol–water partition coefficient (Wildman–Crippen LogP) is 3.71. The maximum Gasteiger partial charge on any atom is 0.326 e. The molecule has 0 fully saturated rings. The third kappa shape index (κ3) is 4.61. The minimum Gasteiger partial charge on any atom is -0.480 e. The number of para-hydroxylation sites is 1. The van der Waals surface area contributed by atoms with Crippen LogP contribution in [0, 0.1) is 10.1 Å². The molecular formula is C24H22N2O5. The standard InChI is InChI=1S/C24H22N2O5/c1-24(18-11-4-2-5-12-18,19-13-6-3-7-14-19)23(29)25-20(22(27)28)16-17-10-8-9-15-21(17)26(30)31/h2-15,20H,16H2,1H3,(H,25,29)(H,27,28)/t20-/m1/s1. The number of carboxylic acid groups (broad SMARTS) is 1. The van der Waals surface area contributed by atoms with Gasteiger partial charge in [0.1, 0.15) is 6.04 Å². The number of nitrogens with zero attached hydrogens (tertiary/aromatic N) is 1. The first-order chi connectivity index (χ1) is 14.8. The number of hydrogen-bond acceptors (Lipinski definition) is 4. The van der Waals surface area contributed by atoms with Gasteiger partial charge in [0.15, 0.2) is 0 Å². The van der Waals surface area contributed by atoms with Gasteiger partial charge in [0.25, 0.3) is 5.69 Å². The van der Waals surface area contributed by atoms with Crippen LogP contribution in [0.1, 0.15) is 23.6 Å². The van der Waals surface area contributed by atoms with Crippen molar-refractivity contribution in [2.45, 2.75) is 24.8 Å². The topological polar surface area (TPSA) is 110 Å². The molecule has 0 saturated heterocycles. The van der Waals surface area contributed by atoms with E-state index in [9.17, 15) is 24.8 Å². The zero-order chi connectivity index (χ0) is 22.4. The van der Waals surface area contributed by atoms with Crippen LogP contribution >= 0.6 is 0 Å². The summed E-state index contributed by atoms with van der Waals surface area (Å²) < 4.78 is 0. The molecule has 0 aliphatic rings. The highest BCUT2D eigenvalue weighted by molar-refractivity contribution is 5.94. The summed E-state index contributed by atoms with van der Waals surface area (Å²) in [6, 6.07) is 22.7. The van der Waals surface area contributed by atoms with Crippen molar-refractivity contribution >= 4 is 17.6 Å². The molecule has 0 spiro atoms. The summed E-state index contributed by atoms with van der Waals surface area (Å²) in [4.78, 5) is 36.2. The summed E-state index contributed by atoms with van der Waals surface area (Å²) in [6.07, 6.45) is -0.210. The number of carbonyl (C=O) groups excluding carboxylic acids is 1. The average Bonchev–Trinajstić information content (AvgIpc) is 2.79. The van der Waals surface area contributed by atoms with Crippen LogP contribution in [0.4, 0.5) is 5.69 Å². The van der Waals surface area contributed by atoms with Crippen molar-refractivity contribution in [1.29, 1.82) is 0 Å². The fraction of sp³-hybridized carbons (Fsp3) is 0.167. The van der Waals surface area contributed by atoms with E-state index in [1.807, 2.05) is 60.7 Å². The van der Waals surface area contributed by atoms with E-state index in [2.05, 4.69) is 5.32 Å². The molecule has 7 heteroatoms.